The summed E-state index contributed by atoms with van der Waals surface area (Å²) >= 11 is 0. The second kappa shape index (κ2) is 4.42. The van der Waals surface area contributed by atoms with E-state index in [1.165, 1.54) is 0 Å². The Morgan fingerprint density at radius 1 is 1.50 bits per heavy atom. The van der Waals surface area contributed by atoms with Crippen LogP contribution in [-0.4, -0.2) is 17.5 Å². The highest BCUT2D eigenvalue weighted by atomic mass is 32.2. The third-order valence-electron chi connectivity index (χ3n) is 1.41. The van der Waals surface area contributed by atoms with Gasteiger partial charge in [-0.3, -0.25) is 4.21 Å². The van der Waals surface area contributed by atoms with Crippen molar-refractivity contribution in [1.82, 2.24) is 5.32 Å². The lowest BCUT2D eigenvalue weighted by molar-refractivity contribution is 0.467. The maximum absolute atomic E-state index is 10.8. The quantitative estimate of drug-likeness (QED) is 0.760. The molecule has 1 aromatic rings. The smallest absolute Gasteiger partial charge is 0.117 e. The maximum Gasteiger partial charge on any atom is 0.117 e. The van der Waals surface area contributed by atoms with Crippen molar-refractivity contribution in [3.63, 3.8) is 0 Å². The molecule has 1 rings (SSSR count). The second-order valence-electron chi connectivity index (χ2n) is 2.62. The van der Waals surface area contributed by atoms with E-state index in [4.69, 9.17) is 4.42 Å². The van der Waals surface area contributed by atoms with Gasteiger partial charge in [0.05, 0.1) is 12.3 Å². The molecule has 0 bridgehead atoms. The van der Waals surface area contributed by atoms with E-state index in [1.54, 1.807) is 6.26 Å². The first-order valence-corrected chi connectivity index (χ1v) is 5.47. The van der Waals surface area contributed by atoms with Crippen molar-refractivity contribution in [2.24, 2.45) is 0 Å². The summed E-state index contributed by atoms with van der Waals surface area (Å²) in [6.07, 6.45) is 1.67. The van der Waals surface area contributed by atoms with E-state index in [2.05, 4.69) is 5.32 Å². The van der Waals surface area contributed by atoms with Gasteiger partial charge >= 0.3 is 0 Å². The standard InChI is InChI=1S/C8H13NO2S/c1-9-5-7-3-4-8(11-7)6-12(2)10/h3-4,9H,5-6H2,1-2H3. The minimum Gasteiger partial charge on any atom is -0.464 e. The van der Waals surface area contributed by atoms with Gasteiger partial charge in [0.1, 0.15) is 11.5 Å². The molecule has 0 amide bonds. The fourth-order valence-electron chi connectivity index (χ4n) is 0.969. The second-order valence-corrected chi connectivity index (χ2v) is 4.05. The Labute approximate surface area is 74.6 Å². The summed E-state index contributed by atoms with van der Waals surface area (Å²) < 4.78 is 16.2. The molecule has 3 nitrogen and oxygen atoms in total. The van der Waals surface area contributed by atoms with Gasteiger partial charge in [0.15, 0.2) is 0 Å². The molecule has 12 heavy (non-hydrogen) atoms. The van der Waals surface area contributed by atoms with Crippen LogP contribution in [-0.2, 0) is 23.1 Å². The molecule has 4 heteroatoms. The number of furan rings is 1. The van der Waals surface area contributed by atoms with Crippen LogP contribution < -0.4 is 5.32 Å². The third-order valence-corrected chi connectivity index (χ3v) is 2.10. The van der Waals surface area contributed by atoms with Crippen LogP contribution in [0.15, 0.2) is 16.5 Å². The summed E-state index contributed by atoms with van der Waals surface area (Å²) in [5.74, 6) is 2.18. The molecule has 0 radical (unpaired) electrons. The molecule has 1 aromatic heterocycles. The molecule has 0 fully saturated rings. The average molecular weight is 187 g/mol. The number of nitrogens with one attached hydrogen (secondary N) is 1. The number of rotatable bonds is 4. The molecule has 1 N–H and O–H groups in total. The minimum absolute atomic E-state index is 0.504. The predicted molar refractivity (Wildman–Crippen MR) is 49.2 cm³/mol. The van der Waals surface area contributed by atoms with Gasteiger partial charge in [-0.15, -0.1) is 0 Å². The minimum atomic E-state index is -0.821. The molecule has 0 aliphatic carbocycles. The van der Waals surface area contributed by atoms with Gasteiger partial charge in [0.25, 0.3) is 0 Å². The summed E-state index contributed by atoms with van der Waals surface area (Å²) in [6, 6.07) is 3.77. The van der Waals surface area contributed by atoms with Crippen molar-refractivity contribution in [1.29, 1.82) is 0 Å². The van der Waals surface area contributed by atoms with Gasteiger partial charge in [-0.2, -0.15) is 0 Å². The Bertz CT molecular complexity index is 270. The summed E-state index contributed by atoms with van der Waals surface area (Å²) in [5.41, 5.74) is 0. The zero-order valence-electron chi connectivity index (χ0n) is 7.29. The van der Waals surface area contributed by atoms with Crippen LogP contribution >= 0.6 is 0 Å². The fraction of sp³-hybridized carbons (Fsp3) is 0.500. The molecular weight excluding hydrogens is 174 g/mol. The van der Waals surface area contributed by atoms with Gasteiger partial charge in [-0.1, -0.05) is 0 Å². The molecule has 0 saturated carbocycles. The first-order chi connectivity index (χ1) is 5.72. The van der Waals surface area contributed by atoms with E-state index in [-0.39, 0.29) is 0 Å². The summed E-state index contributed by atoms with van der Waals surface area (Å²) in [7, 11) is 1.04. The monoisotopic (exact) mass is 187 g/mol. The van der Waals surface area contributed by atoms with Gasteiger partial charge in [0, 0.05) is 17.1 Å². The molecule has 0 aliphatic rings. The van der Waals surface area contributed by atoms with E-state index in [9.17, 15) is 4.21 Å². The Morgan fingerprint density at radius 3 is 2.75 bits per heavy atom. The SMILES string of the molecule is CNCc1ccc(CS(C)=O)o1. The van der Waals surface area contributed by atoms with Crippen LogP contribution in [0.25, 0.3) is 0 Å². The molecule has 0 aromatic carbocycles. The Hall–Kier alpha value is -0.610. The van der Waals surface area contributed by atoms with Crippen LogP contribution in [0.5, 0.6) is 0 Å². The highest BCUT2D eigenvalue weighted by molar-refractivity contribution is 7.83. The third kappa shape index (κ3) is 2.79. The molecule has 0 saturated heterocycles. The lowest BCUT2D eigenvalue weighted by Gasteiger charge is -1.93. The Kier molecular flexibility index (Phi) is 3.49. The van der Waals surface area contributed by atoms with Crippen molar-refractivity contribution in [3.8, 4) is 0 Å². The Morgan fingerprint density at radius 2 is 2.17 bits per heavy atom. The van der Waals surface area contributed by atoms with Crippen molar-refractivity contribution >= 4 is 10.8 Å². The fourth-order valence-corrected chi connectivity index (χ4v) is 1.53. The Balaban J connectivity index is 2.58. The molecular formula is C8H13NO2S. The molecule has 68 valence electrons. The predicted octanol–water partition coefficient (Wildman–Crippen LogP) is 0.878. The lowest BCUT2D eigenvalue weighted by atomic mass is 10.4. The van der Waals surface area contributed by atoms with Crippen LogP contribution in [0.4, 0.5) is 0 Å². The van der Waals surface area contributed by atoms with Crippen molar-refractivity contribution in [2.75, 3.05) is 13.3 Å². The van der Waals surface area contributed by atoms with Gasteiger partial charge in [0.2, 0.25) is 0 Å². The van der Waals surface area contributed by atoms with E-state index in [0.29, 0.717) is 5.75 Å². The van der Waals surface area contributed by atoms with Crippen molar-refractivity contribution in [3.05, 3.63) is 23.7 Å². The summed E-state index contributed by atoms with van der Waals surface area (Å²) in [4.78, 5) is 0. The van der Waals surface area contributed by atoms with Crippen molar-refractivity contribution in [2.45, 2.75) is 12.3 Å². The zero-order valence-corrected chi connectivity index (χ0v) is 8.11. The number of hydrogen-bond donors (Lipinski definition) is 1. The first kappa shape index (κ1) is 9.48. The van der Waals surface area contributed by atoms with Crippen LogP contribution in [0.1, 0.15) is 11.5 Å². The van der Waals surface area contributed by atoms with E-state index >= 15 is 0 Å². The average Bonchev–Trinajstić information content (AvgIpc) is 2.36. The molecule has 1 heterocycles. The molecule has 0 aliphatic heterocycles. The molecule has 1 unspecified atom stereocenters. The summed E-state index contributed by atoms with van der Waals surface area (Å²) in [6.45, 7) is 0.719. The lowest BCUT2D eigenvalue weighted by Crippen LogP contribution is -2.03. The van der Waals surface area contributed by atoms with Gasteiger partial charge in [-0.25, -0.2) is 0 Å². The maximum atomic E-state index is 10.8. The molecule has 1 atom stereocenters. The van der Waals surface area contributed by atoms with Crippen LogP contribution in [0.2, 0.25) is 0 Å². The highest BCUT2D eigenvalue weighted by Crippen LogP contribution is 2.08. The van der Waals surface area contributed by atoms with Crippen LogP contribution in [0, 0.1) is 0 Å². The molecule has 0 spiro atoms. The van der Waals surface area contributed by atoms with Gasteiger partial charge < -0.3 is 9.73 Å². The van der Waals surface area contributed by atoms with E-state index < -0.39 is 10.8 Å². The summed E-state index contributed by atoms with van der Waals surface area (Å²) in [5, 5.41) is 2.98. The highest BCUT2D eigenvalue weighted by Gasteiger charge is 2.02. The van der Waals surface area contributed by atoms with E-state index in [1.807, 2.05) is 19.2 Å². The topological polar surface area (TPSA) is 42.2 Å². The van der Waals surface area contributed by atoms with Crippen LogP contribution in [0.3, 0.4) is 0 Å². The largest absolute Gasteiger partial charge is 0.464 e. The number of hydrogen-bond acceptors (Lipinski definition) is 3. The van der Waals surface area contributed by atoms with Crippen molar-refractivity contribution < 1.29 is 8.63 Å². The van der Waals surface area contributed by atoms with E-state index in [0.717, 1.165) is 18.1 Å². The normalized spacial score (nSPS) is 13.2. The zero-order chi connectivity index (χ0) is 8.97. The first-order valence-electron chi connectivity index (χ1n) is 3.74. The van der Waals surface area contributed by atoms with Gasteiger partial charge in [-0.05, 0) is 19.2 Å².